The van der Waals surface area contributed by atoms with E-state index >= 15 is 0 Å². The fourth-order valence-electron chi connectivity index (χ4n) is 2.86. The van der Waals surface area contributed by atoms with E-state index in [0.29, 0.717) is 21.0 Å². The number of amides is 1. The molecule has 1 aromatic carbocycles. The van der Waals surface area contributed by atoms with Gasteiger partial charge in [0.2, 0.25) is 0 Å². The molecule has 1 aliphatic rings. The minimum absolute atomic E-state index is 0.00681. The number of nitrogens with one attached hydrogen (secondary N) is 1. The van der Waals surface area contributed by atoms with Crippen molar-refractivity contribution < 1.29 is 4.79 Å². The first-order valence-corrected chi connectivity index (χ1v) is 9.69. The molecule has 1 amide bonds. The first-order chi connectivity index (χ1) is 11.7. The number of hydrogen-bond acceptors (Lipinski definition) is 3. The highest BCUT2D eigenvalue weighted by molar-refractivity contribution is 6.35. The Labute approximate surface area is 161 Å². The molecule has 4 nitrogen and oxygen atoms in total. The van der Waals surface area contributed by atoms with Crippen molar-refractivity contribution in [3.8, 4) is 0 Å². The van der Waals surface area contributed by atoms with Crippen LogP contribution in [0.5, 0.6) is 0 Å². The van der Waals surface area contributed by atoms with Crippen LogP contribution in [0.25, 0.3) is 0 Å². The van der Waals surface area contributed by atoms with Gasteiger partial charge in [0.15, 0.2) is 0 Å². The molecule has 0 bridgehead atoms. The lowest BCUT2D eigenvalue weighted by atomic mass is 9.92. The smallest absolute Gasteiger partial charge is 0.254 e. The molecule has 0 aliphatic carbocycles. The maximum absolute atomic E-state index is 12.6. The molecule has 140 valence electrons. The molecule has 0 aromatic heterocycles. The molecule has 25 heavy (non-hydrogen) atoms. The van der Waals surface area contributed by atoms with E-state index in [1.165, 1.54) is 6.42 Å². The van der Waals surface area contributed by atoms with Crippen LogP contribution in [0.1, 0.15) is 37.6 Å². The zero-order valence-electron chi connectivity index (χ0n) is 15.4. The molecule has 1 saturated heterocycles. The molecule has 1 fully saturated rings. The summed E-state index contributed by atoms with van der Waals surface area (Å²) in [5, 5.41) is 4.50. The van der Waals surface area contributed by atoms with Gasteiger partial charge >= 0.3 is 0 Å². The van der Waals surface area contributed by atoms with Crippen LogP contribution < -0.4 is 5.32 Å². The van der Waals surface area contributed by atoms with Crippen LogP contribution in [0.4, 0.5) is 0 Å². The third-order valence-corrected chi connectivity index (χ3v) is 4.86. The molecule has 0 unspecified atom stereocenters. The van der Waals surface area contributed by atoms with Gasteiger partial charge in [-0.3, -0.25) is 9.69 Å². The minimum Gasteiger partial charge on any atom is -0.336 e. The van der Waals surface area contributed by atoms with Crippen LogP contribution in [0.3, 0.4) is 0 Å². The van der Waals surface area contributed by atoms with E-state index in [2.05, 4.69) is 31.0 Å². The number of benzene rings is 1. The third kappa shape index (κ3) is 7.14. The van der Waals surface area contributed by atoms with E-state index in [4.69, 9.17) is 23.2 Å². The third-order valence-electron chi connectivity index (χ3n) is 4.43. The van der Waals surface area contributed by atoms with E-state index < -0.39 is 0 Å². The molecule has 0 atom stereocenters. The summed E-state index contributed by atoms with van der Waals surface area (Å²) < 4.78 is 0. The highest BCUT2D eigenvalue weighted by atomic mass is 35.5. The van der Waals surface area contributed by atoms with Gasteiger partial charge in [-0.15, -0.1) is 0 Å². The molecule has 1 N–H and O–H groups in total. The van der Waals surface area contributed by atoms with E-state index in [1.54, 1.807) is 18.2 Å². The van der Waals surface area contributed by atoms with E-state index in [1.807, 2.05) is 4.90 Å². The highest BCUT2D eigenvalue weighted by Gasteiger charge is 2.22. The molecule has 1 aromatic rings. The Morgan fingerprint density at radius 1 is 1.04 bits per heavy atom. The first-order valence-electron chi connectivity index (χ1n) is 8.93. The lowest BCUT2D eigenvalue weighted by molar-refractivity contribution is 0.0638. The second-order valence-corrected chi connectivity index (χ2v) is 8.73. The van der Waals surface area contributed by atoms with Crippen molar-refractivity contribution in [1.29, 1.82) is 0 Å². The summed E-state index contributed by atoms with van der Waals surface area (Å²) in [5.41, 5.74) is 0.942. The number of carbonyl (C=O) groups excluding carboxylic acids is 1. The topological polar surface area (TPSA) is 35.6 Å². The largest absolute Gasteiger partial charge is 0.336 e. The Kier molecular flexibility index (Phi) is 7.56. The highest BCUT2D eigenvalue weighted by Crippen LogP contribution is 2.20. The zero-order chi connectivity index (χ0) is 18.4. The molecule has 2 rings (SSSR count). The maximum Gasteiger partial charge on any atom is 0.254 e. The summed E-state index contributed by atoms with van der Waals surface area (Å²) in [6.07, 6.45) is 1.18. The van der Waals surface area contributed by atoms with Crippen LogP contribution in [0.2, 0.25) is 10.0 Å². The molecule has 1 heterocycles. The van der Waals surface area contributed by atoms with Gasteiger partial charge in [-0.05, 0) is 36.6 Å². The fourth-order valence-corrected chi connectivity index (χ4v) is 3.39. The number of rotatable bonds is 6. The lowest BCUT2D eigenvalue weighted by Crippen LogP contribution is -2.50. The van der Waals surface area contributed by atoms with Gasteiger partial charge in [-0.25, -0.2) is 0 Å². The number of piperazine rings is 1. The van der Waals surface area contributed by atoms with E-state index in [0.717, 1.165) is 45.8 Å². The van der Waals surface area contributed by atoms with Crippen molar-refractivity contribution in [3.63, 3.8) is 0 Å². The number of halogens is 2. The van der Waals surface area contributed by atoms with E-state index in [-0.39, 0.29) is 5.91 Å². The van der Waals surface area contributed by atoms with Gasteiger partial charge in [-0.2, -0.15) is 0 Å². The molecule has 1 aliphatic heterocycles. The van der Waals surface area contributed by atoms with Gasteiger partial charge in [0, 0.05) is 54.9 Å². The van der Waals surface area contributed by atoms with Gasteiger partial charge in [0.25, 0.3) is 5.91 Å². The molecular weight excluding hydrogens is 357 g/mol. The SMILES string of the molecule is CC(C)(C)CCNCCN1CCN(C(=O)c2cc(Cl)cc(Cl)c2)CC1. The van der Waals surface area contributed by atoms with Gasteiger partial charge < -0.3 is 10.2 Å². The monoisotopic (exact) mass is 385 g/mol. The van der Waals surface area contributed by atoms with Crippen molar-refractivity contribution in [2.24, 2.45) is 5.41 Å². The average molecular weight is 386 g/mol. The van der Waals surface area contributed by atoms with Gasteiger partial charge in [0.1, 0.15) is 0 Å². The lowest BCUT2D eigenvalue weighted by Gasteiger charge is -2.35. The van der Waals surface area contributed by atoms with Crippen molar-refractivity contribution in [2.45, 2.75) is 27.2 Å². The van der Waals surface area contributed by atoms with Crippen molar-refractivity contribution >= 4 is 29.1 Å². The second kappa shape index (κ2) is 9.22. The van der Waals surface area contributed by atoms with Crippen LogP contribution in [-0.4, -0.2) is 61.5 Å². The molecule has 0 radical (unpaired) electrons. The van der Waals surface area contributed by atoms with Crippen molar-refractivity contribution in [1.82, 2.24) is 15.1 Å². The average Bonchev–Trinajstić information content (AvgIpc) is 2.52. The fraction of sp³-hybridized carbons (Fsp3) is 0.632. The standard InChI is InChI=1S/C19H29Cl2N3O/c1-19(2,3)4-5-22-6-7-23-8-10-24(11-9-23)18(25)15-12-16(20)14-17(21)13-15/h12-14,22H,4-11H2,1-3H3. The molecule has 0 spiro atoms. The van der Waals surface area contributed by atoms with Crippen molar-refractivity contribution in [3.05, 3.63) is 33.8 Å². The quantitative estimate of drug-likeness (QED) is 0.756. The van der Waals surface area contributed by atoms with Crippen LogP contribution in [-0.2, 0) is 0 Å². The minimum atomic E-state index is 0.00681. The summed E-state index contributed by atoms with van der Waals surface area (Å²) in [5.74, 6) is 0.00681. The summed E-state index contributed by atoms with van der Waals surface area (Å²) >= 11 is 12.0. The molecule has 6 heteroatoms. The zero-order valence-corrected chi connectivity index (χ0v) is 17.0. The van der Waals surface area contributed by atoms with Crippen LogP contribution >= 0.6 is 23.2 Å². The van der Waals surface area contributed by atoms with Crippen molar-refractivity contribution in [2.75, 3.05) is 45.8 Å². The number of carbonyl (C=O) groups is 1. The second-order valence-electron chi connectivity index (χ2n) is 7.85. The van der Waals surface area contributed by atoms with E-state index in [9.17, 15) is 4.79 Å². The summed E-state index contributed by atoms with van der Waals surface area (Å²) in [7, 11) is 0. The van der Waals surface area contributed by atoms with Gasteiger partial charge in [-0.1, -0.05) is 44.0 Å². The Morgan fingerprint density at radius 2 is 1.64 bits per heavy atom. The molecular formula is C19H29Cl2N3O. The Balaban J connectivity index is 1.71. The van der Waals surface area contributed by atoms with Crippen LogP contribution in [0.15, 0.2) is 18.2 Å². The number of hydrogen-bond donors (Lipinski definition) is 1. The summed E-state index contributed by atoms with van der Waals surface area (Å²) in [6.45, 7) is 13.1. The summed E-state index contributed by atoms with van der Waals surface area (Å²) in [6, 6.07) is 5.01. The Morgan fingerprint density at radius 3 is 2.20 bits per heavy atom. The summed E-state index contributed by atoms with van der Waals surface area (Å²) in [4.78, 5) is 16.9. The maximum atomic E-state index is 12.6. The number of nitrogens with zero attached hydrogens (tertiary/aromatic N) is 2. The predicted octanol–water partition coefficient (Wildman–Crippen LogP) is 3.78. The first kappa shape index (κ1) is 20.5. The normalized spacial score (nSPS) is 16.3. The molecule has 0 saturated carbocycles. The predicted molar refractivity (Wildman–Crippen MR) is 106 cm³/mol. The van der Waals surface area contributed by atoms with Crippen LogP contribution in [0, 0.1) is 5.41 Å². The van der Waals surface area contributed by atoms with Gasteiger partial charge in [0.05, 0.1) is 0 Å². The Bertz CT molecular complexity index is 558. The Hall–Kier alpha value is -0.810.